The number of hydrogen-bond donors (Lipinski definition) is 1. The summed E-state index contributed by atoms with van der Waals surface area (Å²) in [6.45, 7) is 0. The highest BCUT2D eigenvalue weighted by atomic mass is 16.5. The Morgan fingerprint density at radius 3 is 2.08 bits per heavy atom. The predicted molar refractivity (Wildman–Crippen MR) is 98.8 cm³/mol. The molecule has 0 aliphatic rings. The molecule has 2 N–H and O–H groups in total. The standard InChI is InChI=1S/C20H23N3O2/c1-23-19(15-6-10-17(25-3)11-7-15)13-22-20(23)18(21)12-14-4-8-16(24-2)9-5-14/h4-11,13,18H,12,21H2,1-3H3/t18-/m0/s1. The van der Waals surface area contributed by atoms with E-state index in [1.165, 1.54) is 0 Å². The molecule has 0 fully saturated rings. The molecule has 0 aliphatic carbocycles. The molecule has 0 saturated heterocycles. The molecule has 1 atom stereocenters. The van der Waals surface area contributed by atoms with Crippen LogP contribution in [0.2, 0.25) is 0 Å². The smallest absolute Gasteiger partial charge is 0.126 e. The van der Waals surface area contributed by atoms with Gasteiger partial charge in [-0.2, -0.15) is 0 Å². The fourth-order valence-corrected chi connectivity index (χ4v) is 2.91. The molecule has 0 bridgehead atoms. The van der Waals surface area contributed by atoms with Gasteiger partial charge in [0.15, 0.2) is 0 Å². The number of nitrogens with two attached hydrogens (primary N) is 1. The van der Waals surface area contributed by atoms with Crippen molar-refractivity contribution in [3.05, 3.63) is 66.1 Å². The van der Waals surface area contributed by atoms with Crippen LogP contribution in [0.4, 0.5) is 0 Å². The molecule has 25 heavy (non-hydrogen) atoms. The van der Waals surface area contributed by atoms with Crippen LogP contribution in [-0.2, 0) is 13.5 Å². The minimum absolute atomic E-state index is 0.176. The first-order valence-electron chi connectivity index (χ1n) is 8.17. The lowest BCUT2D eigenvalue weighted by atomic mass is 10.1. The van der Waals surface area contributed by atoms with Gasteiger partial charge in [0.25, 0.3) is 0 Å². The number of benzene rings is 2. The fraction of sp³-hybridized carbons (Fsp3) is 0.250. The van der Waals surface area contributed by atoms with Crippen molar-refractivity contribution in [2.45, 2.75) is 12.5 Å². The van der Waals surface area contributed by atoms with Gasteiger partial charge in [0, 0.05) is 12.6 Å². The molecule has 0 saturated carbocycles. The summed E-state index contributed by atoms with van der Waals surface area (Å²) in [5.74, 6) is 2.54. The molecule has 130 valence electrons. The van der Waals surface area contributed by atoms with E-state index in [1.54, 1.807) is 14.2 Å². The van der Waals surface area contributed by atoms with Crippen LogP contribution >= 0.6 is 0 Å². The van der Waals surface area contributed by atoms with Crippen molar-refractivity contribution in [3.63, 3.8) is 0 Å². The molecule has 5 heteroatoms. The van der Waals surface area contributed by atoms with Gasteiger partial charge < -0.3 is 19.8 Å². The van der Waals surface area contributed by atoms with E-state index in [0.29, 0.717) is 0 Å². The monoisotopic (exact) mass is 337 g/mol. The topological polar surface area (TPSA) is 62.3 Å². The Morgan fingerprint density at radius 2 is 1.52 bits per heavy atom. The van der Waals surface area contributed by atoms with E-state index in [9.17, 15) is 0 Å². The zero-order chi connectivity index (χ0) is 17.8. The van der Waals surface area contributed by atoms with E-state index >= 15 is 0 Å². The summed E-state index contributed by atoms with van der Waals surface area (Å²) in [6.07, 6.45) is 2.59. The molecule has 3 aromatic rings. The molecular weight excluding hydrogens is 314 g/mol. The lowest BCUT2D eigenvalue weighted by Crippen LogP contribution is -2.18. The highest BCUT2D eigenvalue weighted by molar-refractivity contribution is 5.60. The molecule has 2 aromatic carbocycles. The molecule has 3 rings (SSSR count). The van der Waals surface area contributed by atoms with Gasteiger partial charge in [-0.3, -0.25) is 0 Å². The Kier molecular flexibility index (Phi) is 5.05. The van der Waals surface area contributed by atoms with Crippen molar-refractivity contribution in [1.29, 1.82) is 0 Å². The second kappa shape index (κ2) is 7.40. The first kappa shape index (κ1) is 17.0. The van der Waals surface area contributed by atoms with Crippen LogP contribution < -0.4 is 15.2 Å². The predicted octanol–water partition coefficient (Wildman–Crippen LogP) is 3.35. The number of rotatable bonds is 6. The number of ether oxygens (including phenoxy) is 2. The van der Waals surface area contributed by atoms with Crippen LogP contribution in [0.25, 0.3) is 11.3 Å². The normalized spacial score (nSPS) is 12.0. The van der Waals surface area contributed by atoms with E-state index in [4.69, 9.17) is 15.2 Å². The van der Waals surface area contributed by atoms with Crippen molar-refractivity contribution in [2.24, 2.45) is 12.8 Å². The third-order valence-electron chi connectivity index (χ3n) is 4.36. The maximum atomic E-state index is 6.40. The first-order chi connectivity index (χ1) is 12.1. The van der Waals surface area contributed by atoms with Crippen molar-refractivity contribution in [3.8, 4) is 22.8 Å². The number of nitrogens with zero attached hydrogens (tertiary/aromatic N) is 2. The second-order valence-electron chi connectivity index (χ2n) is 5.95. The summed E-state index contributed by atoms with van der Waals surface area (Å²) in [6, 6.07) is 15.7. The third kappa shape index (κ3) is 3.67. The minimum Gasteiger partial charge on any atom is -0.497 e. The van der Waals surface area contributed by atoms with Gasteiger partial charge in [0.1, 0.15) is 17.3 Å². The summed E-state index contributed by atoms with van der Waals surface area (Å²) < 4.78 is 12.5. The molecule has 1 aromatic heterocycles. The Labute approximate surface area is 148 Å². The summed E-state index contributed by atoms with van der Waals surface area (Å²) >= 11 is 0. The number of methoxy groups -OCH3 is 2. The van der Waals surface area contributed by atoms with Crippen LogP contribution in [0.3, 0.4) is 0 Å². The quantitative estimate of drug-likeness (QED) is 0.749. The van der Waals surface area contributed by atoms with E-state index in [2.05, 4.69) is 9.55 Å². The minimum atomic E-state index is -0.176. The zero-order valence-electron chi connectivity index (χ0n) is 14.8. The van der Waals surface area contributed by atoms with Crippen molar-refractivity contribution in [2.75, 3.05) is 14.2 Å². The Balaban J connectivity index is 1.79. The second-order valence-corrected chi connectivity index (χ2v) is 5.95. The maximum Gasteiger partial charge on any atom is 0.126 e. The SMILES string of the molecule is COc1ccc(C[C@H](N)c2ncc(-c3ccc(OC)cc3)n2C)cc1. The van der Waals surface area contributed by atoms with Crippen molar-refractivity contribution < 1.29 is 9.47 Å². The molecule has 0 aliphatic heterocycles. The van der Waals surface area contributed by atoms with Crippen LogP contribution in [0, 0.1) is 0 Å². The zero-order valence-corrected chi connectivity index (χ0v) is 14.8. The molecule has 5 nitrogen and oxygen atoms in total. The van der Waals surface area contributed by atoms with Gasteiger partial charge in [0.05, 0.1) is 32.2 Å². The van der Waals surface area contributed by atoms with Crippen LogP contribution in [0.15, 0.2) is 54.7 Å². The number of aromatic nitrogens is 2. The molecule has 0 unspecified atom stereocenters. The Bertz CT molecular complexity index is 823. The van der Waals surface area contributed by atoms with Gasteiger partial charge in [0.2, 0.25) is 0 Å². The lowest BCUT2D eigenvalue weighted by molar-refractivity contribution is 0.414. The van der Waals surface area contributed by atoms with E-state index in [1.807, 2.05) is 61.8 Å². The van der Waals surface area contributed by atoms with E-state index in [0.717, 1.165) is 40.6 Å². The largest absolute Gasteiger partial charge is 0.497 e. The highest BCUT2D eigenvalue weighted by Gasteiger charge is 2.16. The van der Waals surface area contributed by atoms with Gasteiger partial charge in [-0.25, -0.2) is 4.98 Å². The lowest BCUT2D eigenvalue weighted by Gasteiger charge is -2.13. The summed E-state index contributed by atoms with van der Waals surface area (Å²) in [5.41, 5.74) is 9.67. The van der Waals surface area contributed by atoms with Gasteiger partial charge in [-0.15, -0.1) is 0 Å². The molecule has 0 amide bonds. The van der Waals surface area contributed by atoms with Crippen molar-refractivity contribution >= 4 is 0 Å². The fourth-order valence-electron chi connectivity index (χ4n) is 2.91. The van der Waals surface area contributed by atoms with Crippen LogP contribution in [-0.4, -0.2) is 23.8 Å². The van der Waals surface area contributed by atoms with Crippen LogP contribution in [0.5, 0.6) is 11.5 Å². The maximum absolute atomic E-state index is 6.40. The van der Waals surface area contributed by atoms with Crippen molar-refractivity contribution in [1.82, 2.24) is 9.55 Å². The highest BCUT2D eigenvalue weighted by Crippen LogP contribution is 2.25. The van der Waals surface area contributed by atoms with E-state index in [-0.39, 0.29) is 6.04 Å². The molecule has 1 heterocycles. The average molecular weight is 337 g/mol. The number of hydrogen-bond acceptors (Lipinski definition) is 4. The summed E-state index contributed by atoms with van der Waals surface area (Å²) in [4.78, 5) is 4.55. The Hall–Kier alpha value is -2.79. The van der Waals surface area contributed by atoms with Gasteiger partial charge >= 0.3 is 0 Å². The third-order valence-corrected chi connectivity index (χ3v) is 4.36. The van der Waals surface area contributed by atoms with Gasteiger partial charge in [-0.05, 0) is 48.4 Å². The molecule has 0 radical (unpaired) electrons. The molecule has 0 spiro atoms. The number of imidazole rings is 1. The van der Waals surface area contributed by atoms with Crippen LogP contribution in [0.1, 0.15) is 17.4 Å². The molecular formula is C20H23N3O2. The summed E-state index contributed by atoms with van der Waals surface area (Å²) in [7, 11) is 5.32. The average Bonchev–Trinajstić information content (AvgIpc) is 3.04. The van der Waals surface area contributed by atoms with E-state index < -0.39 is 0 Å². The van der Waals surface area contributed by atoms with Gasteiger partial charge in [-0.1, -0.05) is 12.1 Å². The Morgan fingerprint density at radius 1 is 0.960 bits per heavy atom. The summed E-state index contributed by atoms with van der Waals surface area (Å²) in [5, 5.41) is 0. The first-order valence-corrected chi connectivity index (χ1v) is 8.17.